The van der Waals surface area contributed by atoms with Crippen LogP contribution in [0.4, 0.5) is 0 Å². The van der Waals surface area contributed by atoms with Crippen LogP contribution >= 0.6 is 0 Å². The van der Waals surface area contributed by atoms with Crippen molar-refractivity contribution in [2.45, 2.75) is 19.9 Å². The van der Waals surface area contributed by atoms with Gasteiger partial charge in [-0.15, -0.1) is 0 Å². The van der Waals surface area contributed by atoms with Gasteiger partial charge in [0.2, 0.25) is 0 Å². The topological polar surface area (TPSA) is 6.48 Å². The molecule has 0 atom stereocenters. The van der Waals surface area contributed by atoms with Gasteiger partial charge in [0, 0.05) is 18.4 Å². The van der Waals surface area contributed by atoms with E-state index in [1.165, 1.54) is 0 Å². The van der Waals surface area contributed by atoms with Crippen LogP contribution in [0.5, 0.6) is 0 Å². The van der Waals surface area contributed by atoms with Gasteiger partial charge in [-0.3, -0.25) is 0 Å². The molecule has 56 valence electrons. The SMILES string of the molecule is C=CN1C=CN(C(C)C)C1. The summed E-state index contributed by atoms with van der Waals surface area (Å²) in [6.45, 7) is 8.99. The van der Waals surface area contributed by atoms with Crippen molar-refractivity contribution < 1.29 is 0 Å². The third kappa shape index (κ3) is 1.32. The summed E-state index contributed by atoms with van der Waals surface area (Å²) in [5, 5.41) is 0. The van der Waals surface area contributed by atoms with Crippen molar-refractivity contribution in [2.75, 3.05) is 6.67 Å². The van der Waals surface area contributed by atoms with Gasteiger partial charge in [0.05, 0.1) is 6.67 Å². The van der Waals surface area contributed by atoms with Crippen molar-refractivity contribution in [3.63, 3.8) is 0 Å². The summed E-state index contributed by atoms with van der Waals surface area (Å²) in [6.07, 6.45) is 5.96. The summed E-state index contributed by atoms with van der Waals surface area (Å²) in [5.74, 6) is 0. The van der Waals surface area contributed by atoms with Gasteiger partial charge >= 0.3 is 0 Å². The lowest BCUT2D eigenvalue weighted by atomic mass is 10.4. The molecule has 0 aliphatic carbocycles. The molecule has 2 nitrogen and oxygen atoms in total. The Hall–Kier alpha value is -0.920. The summed E-state index contributed by atoms with van der Waals surface area (Å²) < 4.78 is 0. The Morgan fingerprint density at radius 1 is 1.50 bits per heavy atom. The highest BCUT2D eigenvalue weighted by molar-refractivity contribution is 4.95. The monoisotopic (exact) mass is 138 g/mol. The van der Waals surface area contributed by atoms with Crippen LogP contribution in [0.15, 0.2) is 25.2 Å². The van der Waals surface area contributed by atoms with Gasteiger partial charge in [-0.1, -0.05) is 6.58 Å². The molecule has 0 aromatic rings. The van der Waals surface area contributed by atoms with E-state index in [9.17, 15) is 0 Å². The van der Waals surface area contributed by atoms with Gasteiger partial charge in [-0.25, -0.2) is 0 Å². The Labute approximate surface area is 62.4 Å². The normalized spacial score (nSPS) is 17.1. The molecule has 0 amide bonds. The summed E-state index contributed by atoms with van der Waals surface area (Å²) in [7, 11) is 0. The molecule has 1 heterocycles. The molecule has 0 aromatic carbocycles. The average molecular weight is 138 g/mol. The van der Waals surface area contributed by atoms with Gasteiger partial charge in [-0.05, 0) is 20.0 Å². The van der Waals surface area contributed by atoms with Gasteiger partial charge in [0.15, 0.2) is 0 Å². The highest BCUT2D eigenvalue weighted by Crippen LogP contribution is 2.09. The van der Waals surface area contributed by atoms with E-state index < -0.39 is 0 Å². The van der Waals surface area contributed by atoms with Gasteiger partial charge in [0.25, 0.3) is 0 Å². The number of hydrogen-bond acceptors (Lipinski definition) is 2. The van der Waals surface area contributed by atoms with Crippen molar-refractivity contribution in [1.29, 1.82) is 0 Å². The van der Waals surface area contributed by atoms with Crippen LogP contribution in [-0.2, 0) is 0 Å². The maximum absolute atomic E-state index is 3.68. The number of nitrogens with zero attached hydrogens (tertiary/aromatic N) is 2. The summed E-state index contributed by atoms with van der Waals surface area (Å²) in [5.41, 5.74) is 0. The molecule has 10 heavy (non-hydrogen) atoms. The van der Waals surface area contributed by atoms with Gasteiger partial charge in [-0.2, -0.15) is 0 Å². The van der Waals surface area contributed by atoms with Crippen LogP contribution in [-0.4, -0.2) is 22.5 Å². The third-order valence-corrected chi connectivity index (χ3v) is 1.67. The highest BCUT2D eigenvalue weighted by Gasteiger charge is 2.11. The molecule has 1 aliphatic rings. The van der Waals surface area contributed by atoms with Crippen LogP contribution in [0.1, 0.15) is 13.8 Å². The number of rotatable bonds is 2. The molecule has 1 aliphatic heterocycles. The van der Waals surface area contributed by atoms with Crippen molar-refractivity contribution >= 4 is 0 Å². The number of hydrogen-bond donors (Lipinski definition) is 0. The molecule has 1 rings (SSSR count). The second-order valence-corrected chi connectivity index (χ2v) is 2.74. The second-order valence-electron chi connectivity index (χ2n) is 2.74. The average Bonchev–Trinajstić information content (AvgIpc) is 2.34. The lowest BCUT2D eigenvalue weighted by Crippen LogP contribution is -2.27. The van der Waals surface area contributed by atoms with E-state index >= 15 is 0 Å². The first-order valence-electron chi connectivity index (χ1n) is 3.56. The molecule has 0 fully saturated rings. The van der Waals surface area contributed by atoms with E-state index in [1.807, 2.05) is 12.4 Å². The van der Waals surface area contributed by atoms with Gasteiger partial charge < -0.3 is 9.80 Å². The van der Waals surface area contributed by atoms with E-state index in [1.54, 1.807) is 0 Å². The Morgan fingerprint density at radius 2 is 2.20 bits per heavy atom. The molecule has 0 saturated carbocycles. The third-order valence-electron chi connectivity index (χ3n) is 1.67. The minimum Gasteiger partial charge on any atom is -0.356 e. The van der Waals surface area contributed by atoms with E-state index in [0.717, 1.165) is 6.67 Å². The molecule has 0 spiro atoms. The maximum Gasteiger partial charge on any atom is 0.0938 e. The fourth-order valence-corrected chi connectivity index (χ4v) is 0.908. The van der Waals surface area contributed by atoms with Crippen molar-refractivity contribution in [3.05, 3.63) is 25.2 Å². The van der Waals surface area contributed by atoms with E-state index in [0.29, 0.717) is 6.04 Å². The van der Waals surface area contributed by atoms with Crippen molar-refractivity contribution in [1.82, 2.24) is 9.80 Å². The fourth-order valence-electron chi connectivity index (χ4n) is 0.908. The lowest BCUT2D eigenvalue weighted by molar-refractivity contribution is 0.268. The molecule has 2 heteroatoms. The predicted octanol–water partition coefficient (Wildman–Crippen LogP) is 1.58. The molecule has 0 saturated heterocycles. The lowest BCUT2D eigenvalue weighted by Gasteiger charge is -2.21. The van der Waals surface area contributed by atoms with Crippen LogP contribution in [0, 0.1) is 0 Å². The van der Waals surface area contributed by atoms with Crippen LogP contribution in [0.2, 0.25) is 0 Å². The van der Waals surface area contributed by atoms with Crippen LogP contribution < -0.4 is 0 Å². The largest absolute Gasteiger partial charge is 0.356 e. The van der Waals surface area contributed by atoms with Crippen molar-refractivity contribution in [3.8, 4) is 0 Å². The maximum atomic E-state index is 3.68. The van der Waals surface area contributed by atoms with Crippen molar-refractivity contribution in [2.24, 2.45) is 0 Å². The smallest absolute Gasteiger partial charge is 0.0938 e. The quantitative estimate of drug-likeness (QED) is 0.571. The standard InChI is InChI=1S/C8H14N2/c1-4-9-5-6-10(7-9)8(2)3/h4-6,8H,1,7H2,2-3H3. The zero-order valence-electron chi connectivity index (χ0n) is 6.62. The Morgan fingerprint density at radius 3 is 2.50 bits per heavy atom. The van der Waals surface area contributed by atoms with Crippen LogP contribution in [0.25, 0.3) is 0 Å². The first-order chi connectivity index (χ1) is 4.74. The Bertz CT molecular complexity index is 149. The zero-order valence-corrected chi connectivity index (χ0v) is 6.62. The van der Waals surface area contributed by atoms with E-state index in [-0.39, 0.29) is 0 Å². The first-order valence-corrected chi connectivity index (χ1v) is 3.56. The molecule has 0 bridgehead atoms. The van der Waals surface area contributed by atoms with E-state index in [4.69, 9.17) is 0 Å². The van der Waals surface area contributed by atoms with Gasteiger partial charge in [0.1, 0.15) is 0 Å². The Balaban J connectivity index is 2.45. The predicted molar refractivity (Wildman–Crippen MR) is 43.0 cm³/mol. The molecular weight excluding hydrogens is 124 g/mol. The molecule has 0 N–H and O–H groups in total. The fraction of sp³-hybridized carbons (Fsp3) is 0.500. The second kappa shape index (κ2) is 2.78. The molecular formula is C8H14N2. The first kappa shape index (κ1) is 7.19. The molecule has 0 radical (unpaired) electrons. The van der Waals surface area contributed by atoms with E-state index in [2.05, 4.69) is 36.4 Å². The molecule has 0 aromatic heterocycles. The Kier molecular flexibility index (Phi) is 2.00. The molecule has 0 unspecified atom stereocenters. The minimum absolute atomic E-state index is 0.584. The summed E-state index contributed by atoms with van der Waals surface area (Å²) in [4.78, 5) is 4.31. The summed E-state index contributed by atoms with van der Waals surface area (Å²) in [6, 6.07) is 0.584. The van der Waals surface area contributed by atoms with Crippen LogP contribution in [0.3, 0.4) is 0 Å². The summed E-state index contributed by atoms with van der Waals surface area (Å²) >= 11 is 0. The minimum atomic E-state index is 0.584. The highest BCUT2D eigenvalue weighted by atomic mass is 15.3. The zero-order chi connectivity index (χ0) is 7.56.